The van der Waals surface area contributed by atoms with Crippen molar-refractivity contribution < 1.29 is 4.74 Å². The van der Waals surface area contributed by atoms with Crippen molar-refractivity contribution in [3.05, 3.63) is 71.8 Å². The molecule has 2 atom stereocenters. The van der Waals surface area contributed by atoms with Crippen molar-refractivity contribution in [1.82, 2.24) is 30.5 Å². The molecule has 0 aliphatic heterocycles. The predicted molar refractivity (Wildman–Crippen MR) is 120 cm³/mol. The van der Waals surface area contributed by atoms with E-state index >= 15 is 0 Å². The highest BCUT2D eigenvalue weighted by Gasteiger charge is 2.26. The normalized spacial score (nSPS) is 14.8. The van der Waals surface area contributed by atoms with Crippen LogP contribution in [0.4, 0.5) is 0 Å². The molecule has 3 aromatic rings. The smallest absolute Gasteiger partial charge is 0.173 e. The minimum absolute atomic E-state index is 0.0464. The summed E-state index contributed by atoms with van der Waals surface area (Å²) in [5.74, 6) is 1.88. The number of aromatic nitrogens is 5. The largest absolute Gasteiger partial charge is 0.495 e. The number of nitrogens with one attached hydrogen (secondary N) is 1. The average molecular weight is 419 g/mol. The van der Waals surface area contributed by atoms with Gasteiger partial charge in [-0.3, -0.25) is 4.98 Å². The molecule has 31 heavy (non-hydrogen) atoms. The molecule has 0 radical (unpaired) electrons. The highest BCUT2D eigenvalue weighted by atomic mass is 16.5. The van der Waals surface area contributed by atoms with Crippen LogP contribution >= 0.6 is 0 Å². The lowest BCUT2D eigenvalue weighted by Crippen LogP contribution is -2.30. The van der Waals surface area contributed by atoms with Crippen LogP contribution in [0.2, 0.25) is 0 Å². The average Bonchev–Trinajstić information content (AvgIpc) is 3.47. The van der Waals surface area contributed by atoms with Crippen LogP contribution in [0.3, 0.4) is 0 Å². The summed E-state index contributed by atoms with van der Waals surface area (Å²) in [6, 6.07) is 10.3. The molecule has 162 valence electrons. The van der Waals surface area contributed by atoms with Gasteiger partial charge in [-0.1, -0.05) is 19.1 Å². The zero-order chi connectivity index (χ0) is 21.6. The van der Waals surface area contributed by atoms with E-state index in [2.05, 4.69) is 57.5 Å². The monoisotopic (exact) mass is 418 g/mol. The maximum Gasteiger partial charge on any atom is 0.173 e. The molecule has 1 aliphatic carbocycles. The van der Waals surface area contributed by atoms with Crippen LogP contribution in [0.15, 0.2) is 49.2 Å². The van der Waals surface area contributed by atoms with Crippen molar-refractivity contribution >= 4 is 0 Å². The van der Waals surface area contributed by atoms with Crippen LogP contribution in [0.1, 0.15) is 54.9 Å². The zero-order valence-electron chi connectivity index (χ0n) is 18.3. The first-order chi connectivity index (χ1) is 15.2. The highest BCUT2D eigenvalue weighted by molar-refractivity contribution is 5.42. The van der Waals surface area contributed by atoms with E-state index in [0.717, 1.165) is 48.6 Å². The minimum Gasteiger partial charge on any atom is -0.495 e. The number of pyridine rings is 1. The van der Waals surface area contributed by atoms with Crippen LogP contribution in [0.25, 0.3) is 5.69 Å². The van der Waals surface area contributed by atoms with Gasteiger partial charge in [0, 0.05) is 12.7 Å². The Morgan fingerprint density at radius 3 is 2.97 bits per heavy atom. The number of hydrogen-bond donors (Lipinski definition) is 1. The summed E-state index contributed by atoms with van der Waals surface area (Å²) in [7, 11) is 1.67. The Bertz CT molecular complexity index is 1030. The van der Waals surface area contributed by atoms with Crippen LogP contribution in [-0.2, 0) is 19.4 Å². The summed E-state index contributed by atoms with van der Waals surface area (Å²) in [4.78, 5) is 4.48. The van der Waals surface area contributed by atoms with E-state index in [1.807, 2.05) is 22.9 Å². The number of benzene rings is 1. The van der Waals surface area contributed by atoms with Gasteiger partial charge >= 0.3 is 0 Å². The summed E-state index contributed by atoms with van der Waals surface area (Å²) in [6.45, 7) is 6.66. The molecule has 1 aromatic carbocycles. The number of tetrazole rings is 1. The van der Waals surface area contributed by atoms with Gasteiger partial charge in [0.15, 0.2) is 5.82 Å². The number of rotatable bonds is 10. The number of ether oxygens (including phenoxy) is 1. The molecule has 2 heterocycles. The number of aryl methyl sites for hydroxylation is 2. The Hall–Kier alpha value is -3.06. The van der Waals surface area contributed by atoms with Gasteiger partial charge < -0.3 is 10.1 Å². The minimum atomic E-state index is -0.0464. The van der Waals surface area contributed by atoms with Crippen molar-refractivity contribution in [2.24, 2.45) is 5.92 Å². The maximum absolute atomic E-state index is 5.47. The van der Waals surface area contributed by atoms with E-state index in [0.29, 0.717) is 12.5 Å². The number of allylic oxidation sites excluding steroid dienone is 1. The first kappa shape index (κ1) is 21.2. The Morgan fingerprint density at radius 1 is 1.26 bits per heavy atom. The third-order valence-corrected chi connectivity index (χ3v) is 6.05. The second-order valence-electron chi connectivity index (χ2n) is 8.11. The molecule has 0 spiro atoms. The second-order valence-corrected chi connectivity index (χ2v) is 8.11. The maximum atomic E-state index is 5.47. The van der Waals surface area contributed by atoms with Gasteiger partial charge in [0.2, 0.25) is 0 Å². The van der Waals surface area contributed by atoms with Crippen molar-refractivity contribution in [3.63, 3.8) is 0 Å². The third kappa shape index (κ3) is 4.66. The second kappa shape index (κ2) is 9.83. The highest BCUT2D eigenvalue weighted by Crippen LogP contribution is 2.29. The lowest BCUT2D eigenvalue weighted by Gasteiger charge is -2.24. The van der Waals surface area contributed by atoms with Crippen molar-refractivity contribution in [1.29, 1.82) is 0 Å². The Labute approximate surface area is 183 Å². The molecule has 1 aliphatic rings. The van der Waals surface area contributed by atoms with E-state index in [4.69, 9.17) is 4.74 Å². The SMILES string of the molecule is C=CCCC(C)C(NCc1ncccc1OC)c1nnnn1-c1ccc2c(c1)CCC2. The third-order valence-electron chi connectivity index (χ3n) is 6.05. The standard InChI is InChI=1S/C24H30N6O/c1-4-5-8-17(2)23(26-16-21-22(31-3)11-7-14-25-21)24-27-28-29-30(24)20-13-12-18-9-6-10-19(18)15-20/h4,7,11-15,17,23,26H,1,5-6,8-10,16H2,2-3H3. The molecule has 0 fully saturated rings. The number of methoxy groups -OCH3 is 1. The molecular weight excluding hydrogens is 388 g/mol. The summed E-state index contributed by atoms with van der Waals surface area (Å²) in [6.07, 6.45) is 9.16. The van der Waals surface area contributed by atoms with Crippen LogP contribution in [0, 0.1) is 5.92 Å². The first-order valence-electron chi connectivity index (χ1n) is 10.9. The van der Waals surface area contributed by atoms with Gasteiger partial charge in [0.25, 0.3) is 0 Å². The number of nitrogens with zero attached hydrogens (tertiary/aromatic N) is 5. The van der Waals surface area contributed by atoms with E-state index in [9.17, 15) is 0 Å². The summed E-state index contributed by atoms with van der Waals surface area (Å²) >= 11 is 0. The van der Waals surface area contributed by atoms with E-state index in [1.54, 1.807) is 13.3 Å². The molecule has 1 N–H and O–H groups in total. The number of hydrogen-bond acceptors (Lipinski definition) is 6. The molecule has 2 unspecified atom stereocenters. The van der Waals surface area contributed by atoms with Crippen molar-refractivity contribution in [3.8, 4) is 11.4 Å². The van der Waals surface area contributed by atoms with Gasteiger partial charge in [-0.05, 0) is 83.8 Å². The van der Waals surface area contributed by atoms with Gasteiger partial charge in [-0.2, -0.15) is 4.68 Å². The predicted octanol–water partition coefficient (Wildman–Crippen LogP) is 3.99. The lowest BCUT2D eigenvalue weighted by molar-refractivity contribution is 0.339. The first-order valence-corrected chi connectivity index (χ1v) is 10.9. The molecule has 4 rings (SSSR count). The quantitative estimate of drug-likeness (QED) is 0.502. The van der Waals surface area contributed by atoms with E-state index in [-0.39, 0.29) is 6.04 Å². The van der Waals surface area contributed by atoms with Gasteiger partial charge in [0.1, 0.15) is 5.75 Å². The molecular formula is C24H30N6O. The zero-order valence-corrected chi connectivity index (χ0v) is 18.3. The van der Waals surface area contributed by atoms with Gasteiger partial charge in [-0.25, -0.2) is 0 Å². The lowest BCUT2D eigenvalue weighted by atomic mass is 9.95. The molecule has 7 nitrogen and oxygen atoms in total. The summed E-state index contributed by atoms with van der Waals surface area (Å²) in [5, 5.41) is 16.4. The molecule has 7 heteroatoms. The fraction of sp³-hybridized carbons (Fsp3) is 0.417. The summed E-state index contributed by atoms with van der Waals surface area (Å²) in [5.41, 5.74) is 4.72. The van der Waals surface area contributed by atoms with Gasteiger partial charge in [0.05, 0.1) is 24.5 Å². The van der Waals surface area contributed by atoms with Crippen LogP contribution in [0.5, 0.6) is 5.75 Å². The van der Waals surface area contributed by atoms with E-state index in [1.165, 1.54) is 17.5 Å². The molecule has 2 aromatic heterocycles. The fourth-order valence-electron chi connectivity index (χ4n) is 4.30. The van der Waals surface area contributed by atoms with Crippen LogP contribution < -0.4 is 10.1 Å². The fourth-order valence-corrected chi connectivity index (χ4v) is 4.30. The van der Waals surface area contributed by atoms with E-state index < -0.39 is 0 Å². The Kier molecular flexibility index (Phi) is 6.72. The number of fused-ring (bicyclic) bond motifs is 1. The van der Waals surface area contributed by atoms with Crippen LogP contribution in [-0.4, -0.2) is 32.3 Å². The topological polar surface area (TPSA) is 77.8 Å². The molecule has 0 bridgehead atoms. The summed E-state index contributed by atoms with van der Waals surface area (Å²) < 4.78 is 7.34. The molecule has 0 saturated heterocycles. The molecule has 0 saturated carbocycles. The van der Waals surface area contributed by atoms with Crippen molar-refractivity contribution in [2.45, 2.75) is 51.6 Å². The van der Waals surface area contributed by atoms with Gasteiger partial charge in [-0.15, -0.1) is 11.7 Å². The Balaban J connectivity index is 1.63. The Morgan fingerprint density at radius 2 is 2.13 bits per heavy atom. The molecule has 0 amide bonds. The van der Waals surface area contributed by atoms with Crippen molar-refractivity contribution in [2.75, 3.05) is 7.11 Å².